The van der Waals surface area contributed by atoms with Crippen LogP contribution in [0.15, 0.2) is 36.4 Å². The van der Waals surface area contributed by atoms with Crippen LogP contribution in [0.4, 0.5) is 5.13 Å². The third-order valence-corrected chi connectivity index (χ3v) is 5.55. The molecule has 10 heteroatoms. The maximum atomic E-state index is 12.6. The first kappa shape index (κ1) is 23.4. The van der Waals surface area contributed by atoms with Crippen molar-refractivity contribution in [2.75, 3.05) is 26.1 Å². The number of unbranched alkanes of at least 4 members (excludes halogenated alkanes) is 1. The van der Waals surface area contributed by atoms with Crippen LogP contribution in [0.1, 0.15) is 40.5 Å². The summed E-state index contributed by atoms with van der Waals surface area (Å²) in [5, 5.41) is 6.10. The lowest BCUT2D eigenvalue weighted by Crippen LogP contribution is -2.34. The Bertz CT molecular complexity index is 1120. The Morgan fingerprint density at radius 1 is 1.06 bits per heavy atom. The fraction of sp³-hybridized carbons (Fsp3) is 0.273. The highest BCUT2D eigenvalue weighted by molar-refractivity contribution is 7.80. The first-order valence-electron chi connectivity index (χ1n) is 9.86. The number of nitrogens with one attached hydrogen (secondary N) is 2. The van der Waals surface area contributed by atoms with Crippen LogP contribution in [-0.2, 0) is 4.74 Å². The number of carbonyl (C=O) groups is 2. The number of hydrogen-bond acceptors (Lipinski definition) is 8. The highest BCUT2D eigenvalue weighted by Crippen LogP contribution is 2.27. The predicted octanol–water partition coefficient (Wildman–Crippen LogP) is 4.40. The van der Waals surface area contributed by atoms with Crippen LogP contribution in [0.5, 0.6) is 11.5 Å². The van der Waals surface area contributed by atoms with E-state index in [1.165, 1.54) is 25.6 Å². The van der Waals surface area contributed by atoms with Crippen molar-refractivity contribution >= 4 is 55.9 Å². The average Bonchev–Trinajstić information content (AvgIpc) is 3.19. The van der Waals surface area contributed by atoms with Crippen LogP contribution in [-0.4, -0.2) is 42.8 Å². The van der Waals surface area contributed by atoms with Gasteiger partial charge >= 0.3 is 5.97 Å². The summed E-state index contributed by atoms with van der Waals surface area (Å²) in [4.78, 5) is 29.2. The number of methoxy groups -OCH3 is 2. The van der Waals surface area contributed by atoms with E-state index >= 15 is 0 Å². The van der Waals surface area contributed by atoms with E-state index in [9.17, 15) is 9.59 Å². The molecule has 8 nitrogen and oxygen atoms in total. The van der Waals surface area contributed by atoms with Crippen molar-refractivity contribution in [2.45, 2.75) is 19.8 Å². The highest BCUT2D eigenvalue weighted by Gasteiger charge is 2.14. The molecule has 0 aliphatic heterocycles. The number of nitrogens with zero attached hydrogens (tertiary/aromatic N) is 1. The van der Waals surface area contributed by atoms with Gasteiger partial charge < -0.3 is 19.5 Å². The van der Waals surface area contributed by atoms with E-state index in [2.05, 4.69) is 15.6 Å². The zero-order valence-electron chi connectivity index (χ0n) is 17.9. The summed E-state index contributed by atoms with van der Waals surface area (Å²) in [7, 11) is 3.01. The van der Waals surface area contributed by atoms with Crippen molar-refractivity contribution in [3.63, 3.8) is 0 Å². The molecule has 0 radical (unpaired) electrons. The molecule has 3 rings (SSSR count). The average molecular weight is 474 g/mol. The van der Waals surface area contributed by atoms with Crippen molar-refractivity contribution in [1.29, 1.82) is 0 Å². The molecule has 0 spiro atoms. The van der Waals surface area contributed by atoms with Gasteiger partial charge in [0.1, 0.15) is 11.5 Å². The van der Waals surface area contributed by atoms with Gasteiger partial charge in [-0.15, -0.1) is 0 Å². The first-order chi connectivity index (χ1) is 15.4. The lowest BCUT2D eigenvalue weighted by atomic mass is 10.2. The number of anilines is 1. The van der Waals surface area contributed by atoms with E-state index in [0.717, 1.165) is 17.5 Å². The third-order valence-electron chi connectivity index (χ3n) is 4.42. The summed E-state index contributed by atoms with van der Waals surface area (Å²) in [5.41, 5.74) is 1.50. The number of carbonyl (C=O) groups excluding carboxylic acids is 2. The molecule has 3 aromatic rings. The predicted molar refractivity (Wildman–Crippen MR) is 128 cm³/mol. The van der Waals surface area contributed by atoms with Crippen molar-refractivity contribution < 1.29 is 23.8 Å². The molecule has 1 aromatic heterocycles. The molecule has 0 unspecified atom stereocenters. The van der Waals surface area contributed by atoms with E-state index in [4.69, 9.17) is 26.4 Å². The van der Waals surface area contributed by atoms with Crippen LogP contribution < -0.4 is 20.1 Å². The molecular formula is C22H23N3O5S2. The number of esters is 1. The second-order valence-corrected chi connectivity index (χ2v) is 8.14. The number of benzene rings is 2. The molecule has 32 heavy (non-hydrogen) atoms. The molecule has 0 saturated heterocycles. The Hall–Kier alpha value is -3.24. The van der Waals surface area contributed by atoms with E-state index in [-0.39, 0.29) is 11.1 Å². The van der Waals surface area contributed by atoms with Crippen LogP contribution in [0, 0.1) is 0 Å². The zero-order chi connectivity index (χ0) is 23.1. The minimum atomic E-state index is -0.419. The number of fused-ring (bicyclic) bond motifs is 1. The minimum absolute atomic E-state index is 0.0926. The maximum Gasteiger partial charge on any atom is 0.338 e. The normalized spacial score (nSPS) is 10.5. The van der Waals surface area contributed by atoms with Crippen molar-refractivity contribution in [3.8, 4) is 11.5 Å². The zero-order valence-corrected chi connectivity index (χ0v) is 19.5. The smallest absolute Gasteiger partial charge is 0.338 e. The van der Waals surface area contributed by atoms with Gasteiger partial charge in [0.15, 0.2) is 10.2 Å². The quantitative estimate of drug-likeness (QED) is 0.282. The lowest BCUT2D eigenvalue weighted by molar-refractivity contribution is 0.0500. The molecule has 2 aromatic carbocycles. The van der Waals surface area contributed by atoms with Gasteiger partial charge in [-0.2, -0.15) is 0 Å². The summed E-state index contributed by atoms with van der Waals surface area (Å²) in [6.45, 7) is 2.43. The number of thiocarbonyl (C=S) groups is 1. The molecular weight excluding hydrogens is 450 g/mol. The van der Waals surface area contributed by atoms with E-state index < -0.39 is 5.91 Å². The molecule has 1 amide bonds. The van der Waals surface area contributed by atoms with Crippen LogP contribution in [0.3, 0.4) is 0 Å². The van der Waals surface area contributed by atoms with Crippen LogP contribution in [0.25, 0.3) is 10.2 Å². The molecule has 168 valence electrons. The number of amides is 1. The number of aromatic nitrogens is 1. The summed E-state index contributed by atoms with van der Waals surface area (Å²) >= 11 is 6.56. The topological polar surface area (TPSA) is 98.8 Å². The van der Waals surface area contributed by atoms with Crippen molar-refractivity contribution in [1.82, 2.24) is 10.3 Å². The molecule has 0 saturated carbocycles. The Kier molecular flexibility index (Phi) is 7.96. The second kappa shape index (κ2) is 10.9. The fourth-order valence-electron chi connectivity index (χ4n) is 2.74. The molecule has 0 atom stereocenters. The Balaban J connectivity index is 1.66. The largest absolute Gasteiger partial charge is 0.497 e. The van der Waals surface area contributed by atoms with E-state index in [1.54, 1.807) is 36.4 Å². The molecule has 0 aliphatic rings. The summed E-state index contributed by atoms with van der Waals surface area (Å²) in [5.74, 6) is 0.199. The minimum Gasteiger partial charge on any atom is -0.497 e. The number of ether oxygens (including phenoxy) is 3. The third kappa shape index (κ3) is 5.92. The van der Waals surface area contributed by atoms with Crippen molar-refractivity contribution in [3.05, 3.63) is 47.5 Å². The molecule has 1 heterocycles. The SMILES string of the molecule is CCCCOC(=O)c1ccc2nc(NC(=S)NC(=O)c3cc(OC)cc(OC)c3)sc2c1. The number of thiazole rings is 1. The van der Waals surface area contributed by atoms with Gasteiger partial charge in [0.2, 0.25) is 0 Å². The monoisotopic (exact) mass is 473 g/mol. The van der Waals surface area contributed by atoms with Gasteiger partial charge in [0.25, 0.3) is 5.91 Å². The van der Waals surface area contributed by atoms with Crippen molar-refractivity contribution in [2.24, 2.45) is 0 Å². The Morgan fingerprint density at radius 3 is 2.44 bits per heavy atom. The Morgan fingerprint density at radius 2 is 1.78 bits per heavy atom. The molecule has 0 fully saturated rings. The number of hydrogen-bond donors (Lipinski definition) is 2. The second-order valence-electron chi connectivity index (χ2n) is 6.70. The van der Waals surface area contributed by atoms with Crippen LogP contribution >= 0.6 is 23.6 Å². The summed E-state index contributed by atoms with van der Waals surface area (Å²) < 4.78 is 16.4. The lowest BCUT2D eigenvalue weighted by Gasteiger charge is -2.10. The highest BCUT2D eigenvalue weighted by atomic mass is 32.1. The summed E-state index contributed by atoms with van der Waals surface area (Å²) in [6, 6.07) is 9.99. The molecule has 2 N–H and O–H groups in total. The molecule has 0 bridgehead atoms. The van der Waals surface area contributed by atoms with E-state index in [0.29, 0.717) is 39.9 Å². The Labute approximate surface area is 194 Å². The maximum absolute atomic E-state index is 12.6. The van der Waals surface area contributed by atoms with Gasteiger partial charge in [-0.05, 0) is 49.0 Å². The number of rotatable bonds is 8. The van der Waals surface area contributed by atoms with Gasteiger partial charge in [-0.1, -0.05) is 24.7 Å². The molecule has 0 aliphatic carbocycles. The van der Waals surface area contributed by atoms with Gasteiger partial charge in [-0.25, -0.2) is 9.78 Å². The fourth-order valence-corrected chi connectivity index (χ4v) is 3.90. The standard InChI is InChI=1S/C22H23N3O5S2/c1-4-5-8-30-20(27)13-6-7-17-18(11-13)32-22(23-17)25-21(31)24-19(26)14-9-15(28-2)12-16(10-14)29-3/h6-7,9-12H,4-5,8H2,1-3H3,(H2,23,24,25,26,31). The van der Waals surface area contributed by atoms with Crippen LogP contribution in [0.2, 0.25) is 0 Å². The van der Waals surface area contributed by atoms with E-state index in [1.807, 2.05) is 6.92 Å². The van der Waals surface area contributed by atoms with Gasteiger partial charge in [-0.3, -0.25) is 10.1 Å². The van der Waals surface area contributed by atoms with Gasteiger partial charge in [0.05, 0.1) is 36.6 Å². The van der Waals surface area contributed by atoms with Gasteiger partial charge in [0, 0.05) is 11.6 Å². The summed E-state index contributed by atoms with van der Waals surface area (Å²) in [6.07, 6.45) is 1.78. The first-order valence-corrected chi connectivity index (χ1v) is 11.1.